The maximum Gasteiger partial charge on any atom is 0.263 e. The van der Waals surface area contributed by atoms with Gasteiger partial charge in [0, 0.05) is 32.0 Å². The van der Waals surface area contributed by atoms with Gasteiger partial charge in [-0.1, -0.05) is 20.3 Å². The van der Waals surface area contributed by atoms with E-state index < -0.39 is 5.91 Å². The van der Waals surface area contributed by atoms with Crippen molar-refractivity contribution in [2.24, 2.45) is 0 Å². The molecule has 0 rings (SSSR count). The molecule has 1 atom stereocenters. The van der Waals surface area contributed by atoms with Gasteiger partial charge >= 0.3 is 0 Å². The molecule has 0 aromatic rings. The normalized spacial score (nSPS) is 12.6. The fraction of sp³-hybridized carbons (Fsp3) is 0.733. The quantitative estimate of drug-likeness (QED) is 0.285. The van der Waals surface area contributed by atoms with E-state index in [2.05, 4.69) is 17.6 Å². The van der Waals surface area contributed by atoms with Gasteiger partial charge in [0.15, 0.2) is 0 Å². The summed E-state index contributed by atoms with van der Waals surface area (Å²) in [4.78, 5) is 11.8. The molecule has 6 heteroatoms. The van der Waals surface area contributed by atoms with Crippen LogP contribution in [-0.2, 0) is 9.53 Å². The first kappa shape index (κ1) is 19.4. The first-order valence-corrected chi connectivity index (χ1v) is 7.52. The Bertz CT molecular complexity index is 347. The van der Waals surface area contributed by atoms with Crippen LogP contribution >= 0.6 is 0 Å². The number of rotatable bonds is 12. The van der Waals surface area contributed by atoms with E-state index in [1.807, 2.05) is 13.0 Å². The lowest BCUT2D eigenvalue weighted by Crippen LogP contribution is -2.31. The molecule has 0 bridgehead atoms. The Morgan fingerprint density at radius 1 is 1.38 bits per heavy atom. The highest BCUT2D eigenvalue weighted by Crippen LogP contribution is 1.95. The number of hydrogen-bond acceptors (Lipinski definition) is 5. The fourth-order valence-electron chi connectivity index (χ4n) is 1.47. The zero-order valence-electron chi connectivity index (χ0n) is 13.0. The summed E-state index contributed by atoms with van der Waals surface area (Å²) in [5, 5.41) is 23.5. The predicted octanol–water partition coefficient (Wildman–Crippen LogP) is 1.08. The maximum absolute atomic E-state index is 11.8. The lowest BCUT2D eigenvalue weighted by Gasteiger charge is -2.12. The van der Waals surface area contributed by atoms with Crippen molar-refractivity contribution in [3.8, 4) is 6.07 Å². The topological polar surface area (TPSA) is 94.4 Å². The van der Waals surface area contributed by atoms with Crippen LogP contribution in [0.5, 0.6) is 0 Å². The van der Waals surface area contributed by atoms with E-state index in [4.69, 9.17) is 15.1 Å². The van der Waals surface area contributed by atoms with Gasteiger partial charge in [-0.2, -0.15) is 5.26 Å². The van der Waals surface area contributed by atoms with E-state index in [-0.39, 0.29) is 18.2 Å². The number of nitriles is 1. The lowest BCUT2D eigenvalue weighted by molar-refractivity contribution is -0.117. The predicted molar refractivity (Wildman–Crippen MR) is 81.4 cm³/mol. The number of carbonyl (C=O) groups is 1. The molecule has 3 N–H and O–H groups in total. The molecule has 6 nitrogen and oxygen atoms in total. The number of hydrogen-bond donors (Lipinski definition) is 3. The van der Waals surface area contributed by atoms with E-state index in [0.717, 1.165) is 25.9 Å². The summed E-state index contributed by atoms with van der Waals surface area (Å²) in [5.41, 5.74) is 0.00815. The summed E-state index contributed by atoms with van der Waals surface area (Å²) >= 11 is 0. The molecule has 0 aliphatic carbocycles. The SMILES string of the molecule is CCCCOCCCNC(=O)/C(C#N)=C\NC(CC)CO. The highest BCUT2D eigenvalue weighted by Gasteiger charge is 2.09. The molecule has 1 amide bonds. The Kier molecular flexibility index (Phi) is 12.4. The van der Waals surface area contributed by atoms with Gasteiger partial charge in [-0.3, -0.25) is 4.79 Å². The standard InChI is InChI=1S/C15H27N3O3/c1-3-5-8-21-9-6-7-17-15(20)13(10-16)11-18-14(4-2)12-19/h11,14,18-19H,3-9,12H2,1-2H3,(H,17,20)/b13-11-. The molecule has 0 saturated heterocycles. The minimum Gasteiger partial charge on any atom is -0.394 e. The Morgan fingerprint density at radius 3 is 2.67 bits per heavy atom. The Balaban J connectivity index is 3.95. The van der Waals surface area contributed by atoms with Gasteiger partial charge in [0.1, 0.15) is 11.6 Å². The third-order valence-corrected chi connectivity index (χ3v) is 2.93. The fourth-order valence-corrected chi connectivity index (χ4v) is 1.47. The number of nitrogens with zero attached hydrogens (tertiary/aromatic N) is 1. The van der Waals surface area contributed by atoms with Crippen molar-refractivity contribution in [2.45, 2.75) is 45.6 Å². The molecule has 21 heavy (non-hydrogen) atoms. The van der Waals surface area contributed by atoms with Crippen molar-refractivity contribution >= 4 is 5.91 Å². The molecule has 0 aromatic carbocycles. The van der Waals surface area contributed by atoms with Crippen molar-refractivity contribution in [3.63, 3.8) is 0 Å². The van der Waals surface area contributed by atoms with E-state index in [1.165, 1.54) is 6.20 Å². The van der Waals surface area contributed by atoms with Crippen molar-refractivity contribution in [3.05, 3.63) is 11.8 Å². The summed E-state index contributed by atoms with van der Waals surface area (Å²) in [6.45, 7) is 5.80. The molecule has 0 aliphatic rings. The molecule has 0 saturated carbocycles. The molecular formula is C15H27N3O3. The van der Waals surface area contributed by atoms with Gasteiger partial charge in [-0.05, 0) is 19.3 Å². The average molecular weight is 297 g/mol. The van der Waals surface area contributed by atoms with Crippen molar-refractivity contribution < 1.29 is 14.6 Å². The van der Waals surface area contributed by atoms with Gasteiger partial charge in [-0.15, -0.1) is 0 Å². The highest BCUT2D eigenvalue weighted by molar-refractivity contribution is 5.97. The second-order valence-corrected chi connectivity index (χ2v) is 4.70. The first-order valence-electron chi connectivity index (χ1n) is 7.52. The Labute approximate surface area is 127 Å². The summed E-state index contributed by atoms with van der Waals surface area (Å²) in [6, 6.07) is 1.70. The summed E-state index contributed by atoms with van der Waals surface area (Å²) in [7, 11) is 0. The molecule has 1 unspecified atom stereocenters. The van der Waals surface area contributed by atoms with E-state index >= 15 is 0 Å². The minimum atomic E-state index is -0.411. The number of nitrogens with one attached hydrogen (secondary N) is 2. The van der Waals surface area contributed by atoms with Crippen LogP contribution < -0.4 is 10.6 Å². The first-order chi connectivity index (χ1) is 10.2. The third-order valence-electron chi connectivity index (χ3n) is 2.93. The Morgan fingerprint density at radius 2 is 2.10 bits per heavy atom. The summed E-state index contributed by atoms with van der Waals surface area (Å²) < 4.78 is 5.38. The van der Waals surface area contributed by atoms with Gasteiger partial charge in [0.25, 0.3) is 5.91 Å². The molecule has 0 radical (unpaired) electrons. The molecule has 0 spiro atoms. The van der Waals surface area contributed by atoms with E-state index in [0.29, 0.717) is 19.6 Å². The molecular weight excluding hydrogens is 270 g/mol. The van der Waals surface area contributed by atoms with Crippen LogP contribution in [0.1, 0.15) is 39.5 Å². The minimum absolute atomic E-state index is 0.00815. The van der Waals surface area contributed by atoms with E-state index in [9.17, 15) is 4.79 Å². The van der Waals surface area contributed by atoms with Crippen molar-refractivity contribution in [1.82, 2.24) is 10.6 Å². The number of ether oxygens (including phenoxy) is 1. The number of aliphatic hydroxyl groups is 1. The van der Waals surface area contributed by atoms with Gasteiger partial charge in [0.05, 0.1) is 6.61 Å². The second kappa shape index (κ2) is 13.4. The van der Waals surface area contributed by atoms with Crippen LogP contribution in [0, 0.1) is 11.3 Å². The maximum atomic E-state index is 11.8. The molecule has 0 heterocycles. The van der Waals surface area contributed by atoms with Crippen LogP contribution in [0.25, 0.3) is 0 Å². The molecule has 0 aliphatic heterocycles. The summed E-state index contributed by atoms with van der Waals surface area (Å²) in [5.74, 6) is -0.411. The zero-order chi connectivity index (χ0) is 15.9. The zero-order valence-corrected chi connectivity index (χ0v) is 13.0. The third kappa shape index (κ3) is 9.88. The van der Waals surface area contributed by atoms with Crippen LogP contribution in [0.15, 0.2) is 11.8 Å². The van der Waals surface area contributed by atoms with E-state index in [1.54, 1.807) is 0 Å². The number of amides is 1. The molecule has 120 valence electrons. The Hall–Kier alpha value is -1.58. The monoisotopic (exact) mass is 297 g/mol. The van der Waals surface area contributed by atoms with Crippen molar-refractivity contribution in [2.75, 3.05) is 26.4 Å². The largest absolute Gasteiger partial charge is 0.394 e. The van der Waals surface area contributed by atoms with Crippen LogP contribution in [-0.4, -0.2) is 43.4 Å². The van der Waals surface area contributed by atoms with Crippen LogP contribution in [0.4, 0.5) is 0 Å². The lowest BCUT2D eigenvalue weighted by atomic mass is 10.2. The number of aliphatic hydroxyl groups excluding tert-OH is 1. The van der Waals surface area contributed by atoms with Gasteiger partial charge < -0.3 is 20.5 Å². The number of carbonyl (C=O) groups excluding carboxylic acids is 1. The highest BCUT2D eigenvalue weighted by atomic mass is 16.5. The average Bonchev–Trinajstić information content (AvgIpc) is 2.50. The van der Waals surface area contributed by atoms with Gasteiger partial charge in [-0.25, -0.2) is 0 Å². The van der Waals surface area contributed by atoms with Crippen LogP contribution in [0.2, 0.25) is 0 Å². The second-order valence-electron chi connectivity index (χ2n) is 4.70. The van der Waals surface area contributed by atoms with Crippen molar-refractivity contribution in [1.29, 1.82) is 5.26 Å². The molecule has 0 fully saturated rings. The number of unbranched alkanes of at least 4 members (excludes halogenated alkanes) is 1. The smallest absolute Gasteiger partial charge is 0.263 e. The van der Waals surface area contributed by atoms with Gasteiger partial charge in [0.2, 0.25) is 0 Å². The van der Waals surface area contributed by atoms with Crippen LogP contribution in [0.3, 0.4) is 0 Å². The summed E-state index contributed by atoms with van der Waals surface area (Å²) in [6.07, 6.45) is 4.94. The molecule has 0 aromatic heterocycles.